The summed E-state index contributed by atoms with van der Waals surface area (Å²) in [5.74, 6) is 0. The number of aryl methyl sites for hydroxylation is 2. The van der Waals surface area contributed by atoms with Gasteiger partial charge in [0.05, 0.1) is 17.9 Å². The smallest absolute Gasteiger partial charge is 0.169 e. The molecule has 5 heteroatoms. The van der Waals surface area contributed by atoms with E-state index in [9.17, 15) is 0 Å². The van der Waals surface area contributed by atoms with Gasteiger partial charge in [0, 0.05) is 20.1 Å². The van der Waals surface area contributed by atoms with Gasteiger partial charge in [-0.3, -0.25) is 4.68 Å². The summed E-state index contributed by atoms with van der Waals surface area (Å²) in [6.07, 6.45) is 1.04. The van der Waals surface area contributed by atoms with Crippen LogP contribution in [0.1, 0.15) is 23.9 Å². The first-order valence-corrected chi connectivity index (χ1v) is 6.08. The van der Waals surface area contributed by atoms with Crippen LogP contribution in [0.25, 0.3) is 0 Å². The average Bonchev–Trinajstić information content (AvgIpc) is 2.55. The van der Waals surface area contributed by atoms with Crippen molar-refractivity contribution in [2.24, 2.45) is 7.05 Å². The molecule has 1 aliphatic heterocycles. The van der Waals surface area contributed by atoms with E-state index in [-0.39, 0.29) is 0 Å². The van der Waals surface area contributed by atoms with Crippen molar-refractivity contribution in [1.82, 2.24) is 20.0 Å². The second-order valence-electron chi connectivity index (χ2n) is 4.14. The van der Waals surface area contributed by atoms with Crippen LogP contribution in [-0.4, -0.2) is 32.9 Å². The molecule has 1 aliphatic rings. The summed E-state index contributed by atoms with van der Waals surface area (Å²) >= 11 is 5.34. The van der Waals surface area contributed by atoms with Gasteiger partial charge in [-0.15, -0.1) is 0 Å². The minimum absolute atomic E-state index is 0.854. The number of aromatic nitrogens is 2. The standard InChI is InChI=1S/C11H18N4S/c1-4-12-11(16)15-6-5-9-8(2)13-14(3)10(9)7-15/h4-7H2,1-3H3,(H,12,16). The maximum Gasteiger partial charge on any atom is 0.169 e. The number of hydrogen-bond donors (Lipinski definition) is 1. The highest BCUT2D eigenvalue weighted by Crippen LogP contribution is 2.21. The third-order valence-corrected chi connectivity index (χ3v) is 3.47. The van der Waals surface area contributed by atoms with Crippen LogP contribution in [0, 0.1) is 6.92 Å². The van der Waals surface area contributed by atoms with E-state index < -0.39 is 0 Å². The summed E-state index contributed by atoms with van der Waals surface area (Å²) in [7, 11) is 2.01. The Morgan fingerprint density at radius 2 is 2.31 bits per heavy atom. The molecule has 0 bridgehead atoms. The molecule has 1 aromatic rings. The topological polar surface area (TPSA) is 33.1 Å². The number of hydrogen-bond acceptors (Lipinski definition) is 2. The lowest BCUT2D eigenvalue weighted by Crippen LogP contribution is -2.42. The normalized spacial score (nSPS) is 14.8. The molecular weight excluding hydrogens is 220 g/mol. The van der Waals surface area contributed by atoms with Gasteiger partial charge in [0.25, 0.3) is 0 Å². The molecular formula is C11H18N4S. The Hall–Kier alpha value is -1.10. The summed E-state index contributed by atoms with van der Waals surface area (Å²) in [5.41, 5.74) is 3.86. The van der Waals surface area contributed by atoms with Crippen LogP contribution in [0.3, 0.4) is 0 Å². The summed E-state index contributed by atoms with van der Waals surface area (Å²) in [6.45, 7) is 6.89. The molecule has 0 unspecified atom stereocenters. The van der Waals surface area contributed by atoms with Crippen LogP contribution in [0.15, 0.2) is 0 Å². The monoisotopic (exact) mass is 238 g/mol. The highest BCUT2D eigenvalue weighted by Gasteiger charge is 2.23. The van der Waals surface area contributed by atoms with Gasteiger partial charge in [-0.1, -0.05) is 0 Å². The van der Waals surface area contributed by atoms with Gasteiger partial charge in [-0.2, -0.15) is 5.10 Å². The number of thiocarbonyl (C=S) groups is 1. The SMILES string of the molecule is CCNC(=S)N1CCc2c(C)nn(C)c2C1. The van der Waals surface area contributed by atoms with E-state index in [1.54, 1.807) is 0 Å². The Balaban J connectivity index is 2.17. The van der Waals surface area contributed by atoms with E-state index in [1.807, 2.05) is 11.7 Å². The number of nitrogens with one attached hydrogen (secondary N) is 1. The van der Waals surface area contributed by atoms with Crippen LogP contribution >= 0.6 is 12.2 Å². The third kappa shape index (κ3) is 1.91. The highest BCUT2D eigenvalue weighted by atomic mass is 32.1. The van der Waals surface area contributed by atoms with E-state index in [4.69, 9.17) is 12.2 Å². The second kappa shape index (κ2) is 4.41. The molecule has 0 atom stereocenters. The zero-order valence-corrected chi connectivity index (χ0v) is 10.9. The molecule has 0 radical (unpaired) electrons. The van der Waals surface area contributed by atoms with Crippen molar-refractivity contribution in [2.75, 3.05) is 13.1 Å². The summed E-state index contributed by atoms with van der Waals surface area (Å²) in [4.78, 5) is 2.21. The van der Waals surface area contributed by atoms with Crippen molar-refractivity contribution in [3.8, 4) is 0 Å². The summed E-state index contributed by atoms with van der Waals surface area (Å²) in [6, 6.07) is 0. The predicted octanol–water partition coefficient (Wildman–Crippen LogP) is 0.981. The second-order valence-corrected chi connectivity index (χ2v) is 4.53. The van der Waals surface area contributed by atoms with Crippen molar-refractivity contribution >= 4 is 17.3 Å². The first-order valence-electron chi connectivity index (χ1n) is 5.67. The first-order chi connectivity index (χ1) is 7.63. The Bertz CT molecular complexity index is 410. The molecule has 16 heavy (non-hydrogen) atoms. The van der Waals surface area contributed by atoms with Crippen LogP contribution in [0.2, 0.25) is 0 Å². The maximum absolute atomic E-state index is 5.34. The zero-order chi connectivity index (χ0) is 11.7. The Kier molecular flexibility index (Phi) is 3.14. The van der Waals surface area contributed by atoms with E-state index in [1.165, 1.54) is 11.3 Å². The lowest BCUT2D eigenvalue weighted by molar-refractivity contribution is 0.374. The van der Waals surface area contributed by atoms with Gasteiger partial charge in [0.2, 0.25) is 0 Å². The van der Waals surface area contributed by atoms with Crippen molar-refractivity contribution in [1.29, 1.82) is 0 Å². The van der Waals surface area contributed by atoms with Crippen molar-refractivity contribution in [2.45, 2.75) is 26.8 Å². The Labute approximate surface area is 102 Å². The molecule has 88 valence electrons. The fourth-order valence-electron chi connectivity index (χ4n) is 2.22. The largest absolute Gasteiger partial charge is 0.363 e. The van der Waals surface area contributed by atoms with E-state index in [0.29, 0.717) is 0 Å². The number of fused-ring (bicyclic) bond motifs is 1. The third-order valence-electron chi connectivity index (χ3n) is 3.06. The molecule has 1 N–H and O–H groups in total. The van der Waals surface area contributed by atoms with Crippen LogP contribution in [0.5, 0.6) is 0 Å². The van der Waals surface area contributed by atoms with Crippen LogP contribution in [0.4, 0.5) is 0 Å². The van der Waals surface area contributed by atoms with Crippen molar-refractivity contribution in [3.63, 3.8) is 0 Å². The average molecular weight is 238 g/mol. The maximum atomic E-state index is 5.34. The fourth-order valence-corrected chi connectivity index (χ4v) is 2.52. The molecule has 0 amide bonds. The molecule has 4 nitrogen and oxygen atoms in total. The quantitative estimate of drug-likeness (QED) is 0.740. The van der Waals surface area contributed by atoms with Crippen LogP contribution in [-0.2, 0) is 20.0 Å². The molecule has 2 rings (SSSR count). The number of nitrogens with zero attached hydrogens (tertiary/aromatic N) is 3. The molecule has 0 aromatic carbocycles. The Morgan fingerprint density at radius 3 is 3.00 bits per heavy atom. The van der Waals surface area contributed by atoms with Gasteiger partial charge in [-0.25, -0.2) is 0 Å². The Morgan fingerprint density at radius 1 is 1.56 bits per heavy atom. The fraction of sp³-hybridized carbons (Fsp3) is 0.636. The van der Waals surface area contributed by atoms with Gasteiger partial charge in [-0.05, 0) is 38.0 Å². The van der Waals surface area contributed by atoms with E-state index in [2.05, 4.69) is 29.2 Å². The first kappa shape index (κ1) is 11.4. The molecule has 0 spiro atoms. The molecule has 0 aliphatic carbocycles. The molecule has 0 saturated heterocycles. The van der Waals surface area contributed by atoms with E-state index in [0.717, 1.165) is 36.9 Å². The van der Waals surface area contributed by atoms with Gasteiger partial charge < -0.3 is 10.2 Å². The molecule has 2 heterocycles. The molecule has 0 fully saturated rings. The van der Waals surface area contributed by atoms with Gasteiger partial charge in [0.15, 0.2) is 5.11 Å². The molecule has 0 saturated carbocycles. The highest BCUT2D eigenvalue weighted by molar-refractivity contribution is 7.80. The summed E-state index contributed by atoms with van der Waals surface area (Å²) < 4.78 is 1.98. The molecule has 1 aromatic heterocycles. The van der Waals surface area contributed by atoms with Crippen molar-refractivity contribution < 1.29 is 0 Å². The summed E-state index contributed by atoms with van der Waals surface area (Å²) in [5, 5.41) is 8.51. The lowest BCUT2D eigenvalue weighted by atomic mass is 10.1. The number of rotatable bonds is 1. The lowest BCUT2D eigenvalue weighted by Gasteiger charge is -2.29. The van der Waals surface area contributed by atoms with Crippen molar-refractivity contribution in [3.05, 3.63) is 17.0 Å². The minimum Gasteiger partial charge on any atom is -0.363 e. The van der Waals surface area contributed by atoms with Gasteiger partial charge >= 0.3 is 0 Å². The minimum atomic E-state index is 0.854. The van der Waals surface area contributed by atoms with Crippen LogP contribution < -0.4 is 5.32 Å². The van der Waals surface area contributed by atoms with E-state index >= 15 is 0 Å². The predicted molar refractivity (Wildman–Crippen MR) is 68.3 cm³/mol. The van der Waals surface area contributed by atoms with Gasteiger partial charge in [0.1, 0.15) is 0 Å². The zero-order valence-electron chi connectivity index (χ0n) is 10.1.